The van der Waals surface area contributed by atoms with E-state index in [4.69, 9.17) is 9.47 Å². The minimum absolute atomic E-state index is 0.290. The van der Waals surface area contributed by atoms with Crippen molar-refractivity contribution in [2.45, 2.75) is 37.9 Å². The van der Waals surface area contributed by atoms with Gasteiger partial charge in [-0.3, -0.25) is 4.57 Å². The summed E-state index contributed by atoms with van der Waals surface area (Å²) in [6.45, 7) is 6.36. The van der Waals surface area contributed by atoms with Crippen LogP contribution in [-0.2, 0) is 9.47 Å². The molecule has 1 aromatic heterocycles. The zero-order valence-corrected chi connectivity index (χ0v) is 14.5. The van der Waals surface area contributed by atoms with Crippen molar-refractivity contribution in [1.29, 1.82) is 0 Å². The van der Waals surface area contributed by atoms with E-state index in [0.717, 1.165) is 41.9 Å². The molecule has 1 aliphatic rings. The molecule has 0 aliphatic carbocycles. The maximum atomic E-state index is 5.71. The lowest BCUT2D eigenvalue weighted by molar-refractivity contribution is 0.0226. The lowest BCUT2D eigenvalue weighted by atomic mass is 10.2. The first kappa shape index (κ1) is 16.5. The molecule has 1 aliphatic heterocycles. The molecule has 6 heteroatoms. The van der Waals surface area contributed by atoms with Crippen LogP contribution in [0.15, 0.2) is 29.4 Å². The molecule has 2 aromatic rings. The molecule has 124 valence electrons. The Balaban J connectivity index is 1.55. The van der Waals surface area contributed by atoms with Crippen molar-refractivity contribution in [3.05, 3.63) is 35.7 Å². The third-order valence-electron chi connectivity index (χ3n) is 3.94. The van der Waals surface area contributed by atoms with E-state index in [9.17, 15) is 0 Å². The summed E-state index contributed by atoms with van der Waals surface area (Å²) in [5, 5.41) is 9.45. The number of nitrogens with zero attached hydrogens (tertiary/aromatic N) is 3. The van der Waals surface area contributed by atoms with E-state index in [2.05, 4.69) is 33.8 Å². The molecule has 1 atom stereocenters. The summed E-state index contributed by atoms with van der Waals surface area (Å²) in [5.74, 6) is 1.76. The van der Waals surface area contributed by atoms with E-state index < -0.39 is 0 Å². The van der Waals surface area contributed by atoms with Crippen molar-refractivity contribution in [2.24, 2.45) is 0 Å². The van der Waals surface area contributed by atoms with Crippen LogP contribution in [0.5, 0.6) is 0 Å². The highest BCUT2D eigenvalue weighted by molar-refractivity contribution is 7.99. The molecule has 1 fully saturated rings. The molecular formula is C17H23N3O2S. The highest BCUT2D eigenvalue weighted by Crippen LogP contribution is 2.23. The van der Waals surface area contributed by atoms with E-state index in [0.29, 0.717) is 13.2 Å². The van der Waals surface area contributed by atoms with Gasteiger partial charge in [-0.2, -0.15) is 0 Å². The third-order valence-corrected chi connectivity index (χ3v) is 4.83. The topological polar surface area (TPSA) is 49.2 Å². The average Bonchev–Trinajstić information content (AvgIpc) is 3.18. The van der Waals surface area contributed by atoms with E-state index in [1.54, 1.807) is 11.8 Å². The standard InChI is InChI=1S/C17H23N3O2S/c1-13-6-3-4-8-16(13)20-14(2)18-19-17(20)23-11-10-21-12-15-7-5-9-22-15/h3-4,6,8,15H,5,7,9-12H2,1-2H3. The summed E-state index contributed by atoms with van der Waals surface area (Å²) in [7, 11) is 0. The Morgan fingerprint density at radius 3 is 2.96 bits per heavy atom. The van der Waals surface area contributed by atoms with Crippen molar-refractivity contribution < 1.29 is 9.47 Å². The van der Waals surface area contributed by atoms with Gasteiger partial charge in [0.05, 0.1) is 25.0 Å². The Labute approximate surface area is 141 Å². The highest BCUT2D eigenvalue weighted by atomic mass is 32.2. The third kappa shape index (κ3) is 4.13. The van der Waals surface area contributed by atoms with Gasteiger partial charge in [0, 0.05) is 12.4 Å². The quantitative estimate of drug-likeness (QED) is 0.575. The van der Waals surface area contributed by atoms with Gasteiger partial charge in [0.2, 0.25) is 0 Å². The van der Waals surface area contributed by atoms with Gasteiger partial charge in [-0.15, -0.1) is 10.2 Å². The minimum Gasteiger partial charge on any atom is -0.378 e. The SMILES string of the molecule is Cc1ccccc1-n1c(C)nnc1SCCOCC1CCCO1. The van der Waals surface area contributed by atoms with Gasteiger partial charge in [-0.05, 0) is 38.3 Å². The molecule has 5 nitrogen and oxygen atoms in total. The predicted octanol–water partition coefficient (Wildman–Crippen LogP) is 3.17. The largest absolute Gasteiger partial charge is 0.378 e. The van der Waals surface area contributed by atoms with Crippen LogP contribution in [0.4, 0.5) is 0 Å². The van der Waals surface area contributed by atoms with Crippen molar-refractivity contribution in [2.75, 3.05) is 25.6 Å². The molecule has 1 unspecified atom stereocenters. The maximum Gasteiger partial charge on any atom is 0.195 e. The van der Waals surface area contributed by atoms with Crippen LogP contribution in [0.2, 0.25) is 0 Å². The minimum atomic E-state index is 0.290. The summed E-state index contributed by atoms with van der Waals surface area (Å²) < 4.78 is 13.4. The van der Waals surface area contributed by atoms with Crippen LogP contribution in [0.25, 0.3) is 5.69 Å². The fourth-order valence-electron chi connectivity index (χ4n) is 2.71. The van der Waals surface area contributed by atoms with Crippen LogP contribution >= 0.6 is 11.8 Å². The molecule has 0 amide bonds. The van der Waals surface area contributed by atoms with Gasteiger partial charge in [0.15, 0.2) is 5.16 Å². The summed E-state index contributed by atoms with van der Waals surface area (Å²) in [5.41, 5.74) is 2.35. The number of para-hydroxylation sites is 1. The number of hydrogen-bond acceptors (Lipinski definition) is 5. The molecule has 1 saturated heterocycles. The first-order valence-corrected chi connectivity index (χ1v) is 9.04. The Kier molecular flexibility index (Phi) is 5.70. The molecule has 2 heterocycles. The first-order valence-electron chi connectivity index (χ1n) is 8.06. The molecule has 1 aromatic carbocycles. The van der Waals surface area contributed by atoms with Crippen LogP contribution in [0.1, 0.15) is 24.2 Å². The Hall–Kier alpha value is -1.37. The van der Waals surface area contributed by atoms with Gasteiger partial charge >= 0.3 is 0 Å². The highest BCUT2D eigenvalue weighted by Gasteiger charge is 2.16. The lowest BCUT2D eigenvalue weighted by Crippen LogP contribution is -2.15. The average molecular weight is 333 g/mol. The lowest BCUT2D eigenvalue weighted by Gasteiger charge is -2.12. The van der Waals surface area contributed by atoms with Crippen LogP contribution in [0, 0.1) is 13.8 Å². The second-order valence-electron chi connectivity index (χ2n) is 5.71. The maximum absolute atomic E-state index is 5.71. The summed E-state index contributed by atoms with van der Waals surface area (Å²) in [6.07, 6.45) is 2.56. The monoisotopic (exact) mass is 333 g/mol. The zero-order valence-electron chi connectivity index (χ0n) is 13.7. The van der Waals surface area contributed by atoms with E-state index in [1.165, 1.54) is 5.56 Å². The summed E-state index contributed by atoms with van der Waals surface area (Å²) >= 11 is 1.68. The van der Waals surface area contributed by atoms with Gasteiger partial charge in [0.1, 0.15) is 5.82 Å². The van der Waals surface area contributed by atoms with Crippen molar-refractivity contribution >= 4 is 11.8 Å². The number of benzene rings is 1. The van der Waals surface area contributed by atoms with Crippen LogP contribution in [-0.4, -0.2) is 46.4 Å². The van der Waals surface area contributed by atoms with E-state index >= 15 is 0 Å². The van der Waals surface area contributed by atoms with Crippen molar-refractivity contribution in [3.8, 4) is 5.69 Å². The molecule has 0 N–H and O–H groups in total. The van der Waals surface area contributed by atoms with Crippen LogP contribution < -0.4 is 0 Å². The first-order chi connectivity index (χ1) is 11.3. The summed E-state index contributed by atoms with van der Waals surface area (Å²) in [4.78, 5) is 0. The van der Waals surface area contributed by atoms with Gasteiger partial charge < -0.3 is 9.47 Å². The smallest absolute Gasteiger partial charge is 0.195 e. The molecule has 23 heavy (non-hydrogen) atoms. The van der Waals surface area contributed by atoms with Gasteiger partial charge in [-0.25, -0.2) is 0 Å². The fourth-order valence-corrected chi connectivity index (χ4v) is 3.55. The number of thioether (sulfide) groups is 1. The Bertz CT molecular complexity index is 639. The van der Waals surface area contributed by atoms with Crippen LogP contribution in [0.3, 0.4) is 0 Å². The fraction of sp³-hybridized carbons (Fsp3) is 0.529. The zero-order chi connectivity index (χ0) is 16.1. The number of ether oxygens (including phenoxy) is 2. The molecule has 0 bridgehead atoms. The summed E-state index contributed by atoms with van der Waals surface area (Å²) in [6, 6.07) is 8.29. The van der Waals surface area contributed by atoms with Gasteiger partial charge in [0.25, 0.3) is 0 Å². The second kappa shape index (κ2) is 7.95. The number of aromatic nitrogens is 3. The number of rotatable bonds is 7. The predicted molar refractivity (Wildman–Crippen MR) is 91.4 cm³/mol. The Morgan fingerprint density at radius 2 is 2.17 bits per heavy atom. The molecule has 0 spiro atoms. The molecular weight excluding hydrogens is 310 g/mol. The number of hydrogen-bond donors (Lipinski definition) is 0. The van der Waals surface area contributed by atoms with Crippen molar-refractivity contribution in [1.82, 2.24) is 14.8 Å². The number of aryl methyl sites for hydroxylation is 2. The normalized spacial score (nSPS) is 17.7. The molecule has 0 saturated carbocycles. The van der Waals surface area contributed by atoms with E-state index in [1.807, 2.05) is 19.1 Å². The molecule has 0 radical (unpaired) electrons. The Morgan fingerprint density at radius 1 is 1.30 bits per heavy atom. The van der Waals surface area contributed by atoms with E-state index in [-0.39, 0.29) is 6.10 Å². The second-order valence-corrected chi connectivity index (χ2v) is 6.77. The van der Waals surface area contributed by atoms with Gasteiger partial charge in [-0.1, -0.05) is 30.0 Å². The van der Waals surface area contributed by atoms with Crippen molar-refractivity contribution in [3.63, 3.8) is 0 Å². The molecule has 3 rings (SSSR count).